The number of nitro groups is 2. The van der Waals surface area contributed by atoms with Gasteiger partial charge in [-0.2, -0.15) is 0 Å². The molecule has 9 heteroatoms. The van der Waals surface area contributed by atoms with E-state index in [4.69, 9.17) is 0 Å². The third-order valence-electron chi connectivity index (χ3n) is 2.73. The highest BCUT2D eigenvalue weighted by Gasteiger charge is 2.22. The largest absolute Gasteiger partial charge is 0.507 e. The Balaban J connectivity index is 2.75. The summed E-state index contributed by atoms with van der Waals surface area (Å²) >= 11 is 3.05. The van der Waals surface area contributed by atoms with Crippen LogP contribution in [0.1, 0.15) is 0 Å². The summed E-state index contributed by atoms with van der Waals surface area (Å²) in [5, 5.41) is 41.4. The molecule has 108 valence electrons. The zero-order chi connectivity index (χ0) is 15.7. The Kier molecular flexibility index (Phi) is 3.76. The van der Waals surface area contributed by atoms with Crippen molar-refractivity contribution in [3.8, 4) is 22.6 Å². The topological polar surface area (TPSA) is 127 Å². The predicted octanol–water partition coefficient (Wildman–Crippen LogP) is 3.34. The van der Waals surface area contributed by atoms with Crippen LogP contribution in [0.15, 0.2) is 34.8 Å². The summed E-state index contributed by atoms with van der Waals surface area (Å²) in [6.45, 7) is 0. The van der Waals surface area contributed by atoms with Crippen molar-refractivity contribution in [1.82, 2.24) is 0 Å². The number of hydrogen-bond acceptors (Lipinski definition) is 6. The first-order chi connectivity index (χ1) is 9.81. The van der Waals surface area contributed by atoms with Gasteiger partial charge in [0.2, 0.25) is 5.75 Å². The molecular weight excluding hydrogens is 348 g/mol. The van der Waals surface area contributed by atoms with Gasteiger partial charge in [0.1, 0.15) is 5.75 Å². The maximum Gasteiger partial charge on any atom is 0.312 e. The van der Waals surface area contributed by atoms with Gasteiger partial charge in [-0.05, 0) is 12.1 Å². The number of rotatable bonds is 3. The fraction of sp³-hybridized carbons (Fsp3) is 0. The molecule has 0 radical (unpaired) electrons. The number of nitrogens with zero attached hydrogens (tertiary/aromatic N) is 2. The van der Waals surface area contributed by atoms with Gasteiger partial charge in [0, 0.05) is 33.8 Å². The normalized spacial score (nSPS) is 10.3. The van der Waals surface area contributed by atoms with Crippen molar-refractivity contribution < 1.29 is 20.1 Å². The van der Waals surface area contributed by atoms with Crippen LogP contribution in [0.3, 0.4) is 0 Å². The van der Waals surface area contributed by atoms with Crippen molar-refractivity contribution in [3.05, 3.63) is 55.0 Å². The summed E-state index contributed by atoms with van der Waals surface area (Å²) in [4.78, 5) is 20.2. The molecule has 0 saturated heterocycles. The van der Waals surface area contributed by atoms with E-state index >= 15 is 0 Å². The van der Waals surface area contributed by atoms with Gasteiger partial charge in [-0.1, -0.05) is 15.9 Å². The van der Waals surface area contributed by atoms with E-state index in [9.17, 15) is 30.4 Å². The molecule has 0 aliphatic carbocycles. The first-order valence-electron chi connectivity index (χ1n) is 5.46. The maximum atomic E-state index is 10.9. The number of aromatic hydroxyl groups is 2. The maximum absolute atomic E-state index is 10.9. The van der Waals surface area contributed by atoms with Gasteiger partial charge < -0.3 is 10.2 Å². The van der Waals surface area contributed by atoms with Crippen LogP contribution in [0.5, 0.6) is 11.5 Å². The van der Waals surface area contributed by atoms with Gasteiger partial charge >= 0.3 is 5.69 Å². The van der Waals surface area contributed by atoms with Crippen molar-refractivity contribution in [2.75, 3.05) is 0 Å². The molecule has 2 rings (SSSR count). The van der Waals surface area contributed by atoms with E-state index in [0.29, 0.717) is 0 Å². The fourth-order valence-electron chi connectivity index (χ4n) is 1.78. The number of phenolic OH excluding ortho intramolecular Hbond substituents is 2. The van der Waals surface area contributed by atoms with Gasteiger partial charge in [0.25, 0.3) is 5.69 Å². The first kappa shape index (κ1) is 14.7. The number of non-ortho nitro benzene ring substituents is 1. The summed E-state index contributed by atoms with van der Waals surface area (Å²) in [6, 6.07) is 5.61. The third kappa shape index (κ3) is 2.77. The van der Waals surface area contributed by atoms with E-state index in [1.165, 1.54) is 6.07 Å². The van der Waals surface area contributed by atoms with Crippen LogP contribution in [0.4, 0.5) is 11.4 Å². The molecule has 0 saturated carbocycles. The number of halogens is 1. The lowest BCUT2D eigenvalue weighted by molar-refractivity contribution is -0.385. The minimum Gasteiger partial charge on any atom is -0.507 e. The van der Waals surface area contributed by atoms with Crippen molar-refractivity contribution in [1.29, 1.82) is 0 Å². The molecule has 2 N–H and O–H groups in total. The minimum atomic E-state index is -0.794. The molecule has 0 fully saturated rings. The third-order valence-corrected chi connectivity index (χ3v) is 3.19. The number of hydrogen-bond donors (Lipinski definition) is 2. The van der Waals surface area contributed by atoms with Crippen LogP contribution in [0.25, 0.3) is 11.1 Å². The smallest absolute Gasteiger partial charge is 0.312 e. The van der Waals surface area contributed by atoms with E-state index in [-0.39, 0.29) is 27.0 Å². The molecule has 21 heavy (non-hydrogen) atoms. The van der Waals surface area contributed by atoms with Gasteiger partial charge in [-0.3, -0.25) is 20.2 Å². The summed E-state index contributed by atoms with van der Waals surface area (Å²) in [6.07, 6.45) is 0. The molecule has 0 atom stereocenters. The van der Waals surface area contributed by atoms with Gasteiger partial charge in [0.05, 0.1) is 9.85 Å². The number of nitro benzene ring substituents is 2. The highest BCUT2D eigenvalue weighted by atomic mass is 79.9. The Labute approximate surface area is 125 Å². The van der Waals surface area contributed by atoms with Crippen molar-refractivity contribution in [2.45, 2.75) is 0 Å². The Morgan fingerprint density at radius 2 is 1.62 bits per heavy atom. The fourth-order valence-corrected chi connectivity index (χ4v) is 2.23. The second-order valence-corrected chi connectivity index (χ2v) is 4.95. The van der Waals surface area contributed by atoms with Crippen LogP contribution in [0.2, 0.25) is 0 Å². The molecule has 0 bridgehead atoms. The average molecular weight is 355 g/mol. The van der Waals surface area contributed by atoms with Crippen LogP contribution in [0, 0.1) is 20.2 Å². The SMILES string of the molecule is O=[N+]([O-])c1ccc(O)c(-c2cc(Br)cc([N+](=O)[O-])c2O)c1. The van der Waals surface area contributed by atoms with Crippen molar-refractivity contribution >= 4 is 27.3 Å². The van der Waals surface area contributed by atoms with Crippen molar-refractivity contribution in [2.24, 2.45) is 0 Å². The average Bonchev–Trinajstić information content (AvgIpc) is 2.41. The lowest BCUT2D eigenvalue weighted by atomic mass is 10.0. The Morgan fingerprint density at radius 1 is 0.952 bits per heavy atom. The summed E-state index contributed by atoms with van der Waals surface area (Å²) in [5.41, 5.74) is -1.06. The van der Waals surface area contributed by atoms with E-state index in [2.05, 4.69) is 15.9 Å². The highest BCUT2D eigenvalue weighted by Crippen LogP contribution is 2.43. The Morgan fingerprint density at radius 3 is 2.19 bits per heavy atom. The number of phenols is 2. The van der Waals surface area contributed by atoms with E-state index in [1.807, 2.05) is 0 Å². The zero-order valence-electron chi connectivity index (χ0n) is 10.2. The van der Waals surface area contributed by atoms with Crippen LogP contribution < -0.4 is 0 Å². The van der Waals surface area contributed by atoms with E-state index < -0.39 is 21.3 Å². The minimum absolute atomic E-state index is 0.0777. The molecule has 0 spiro atoms. The molecule has 0 heterocycles. The van der Waals surface area contributed by atoms with Gasteiger partial charge in [-0.15, -0.1) is 0 Å². The predicted molar refractivity (Wildman–Crippen MR) is 76.2 cm³/mol. The highest BCUT2D eigenvalue weighted by molar-refractivity contribution is 9.10. The Hall–Kier alpha value is -2.68. The second kappa shape index (κ2) is 5.37. The molecule has 0 aliphatic heterocycles. The quantitative estimate of drug-likeness (QED) is 0.642. The first-order valence-corrected chi connectivity index (χ1v) is 6.25. The lowest BCUT2D eigenvalue weighted by Crippen LogP contribution is -1.93. The molecule has 0 aromatic heterocycles. The van der Waals surface area contributed by atoms with Crippen molar-refractivity contribution in [3.63, 3.8) is 0 Å². The van der Waals surface area contributed by atoms with Crippen LogP contribution >= 0.6 is 15.9 Å². The van der Waals surface area contributed by atoms with Crippen LogP contribution in [-0.4, -0.2) is 20.1 Å². The van der Waals surface area contributed by atoms with E-state index in [0.717, 1.165) is 24.3 Å². The molecule has 2 aromatic carbocycles. The second-order valence-electron chi connectivity index (χ2n) is 4.04. The molecule has 2 aromatic rings. The number of benzene rings is 2. The standard InChI is InChI=1S/C12H7BrN2O6/c13-6-3-9(12(17)10(4-6)15(20)21)8-5-7(14(18)19)1-2-11(8)16/h1-5,16-17H. The van der Waals surface area contributed by atoms with Gasteiger partial charge in [0.15, 0.2) is 0 Å². The molecule has 0 aliphatic rings. The molecule has 8 nitrogen and oxygen atoms in total. The Bertz CT molecular complexity index is 762. The molecule has 0 unspecified atom stereocenters. The summed E-state index contributed by atoms with van der Waals surface area (Å²) in [7, 11) is 0. The summed E-state index contributed by atoms with van der Waals surface area (Å²) < 4.78 is 0.285. The molecule has 0 amide bonds. The zero-order valence-corrected chi connectivity index (χ0v) is 11.8. The monoisotopic (exact) mass is 354 g/mol. The van der Waals surface area contributed by atoms with Gasteiger partial charge in [-0.25, -0.2) is 0 Å². The van der Waals surface area contributed by atoms with Crippen LogP contribution in [-0.2, 0) is 0 Å². The van der Waals surface area contributed by atoms with E-state index in [1.54, 1.807) is 0 Å². The molecular formula is C12H7BrN2O6. The summed E-state index contributed by atoms with van der Waals surface area (Å²) in [5.74, 6) is -1.03. The lowest BCUT2D eigenvalue weighted by Gasteiger charge is -2.08.